The zero-order valence-electron chi connectivity index (χ0n) is 46.9. The Balaban J connectivity index is 1.09. The molecule has 0 bridgehead atoms. The summed E-state index contributed by atoms with van der Waals surface area (Å²) in [4.78, 5) is 9.78. The molecule has 0 spiro atoms. The topological polar surface area (TPSA) is 33.5 Å². The van der Waals surface area contributed by atoms with E-state index in [9.17, 15) is 0 Å². The summed E-state index contributed by atoms with van der Waals surface area (Å²) in [5.41, 5.74) is 16.7. The lowest BCUT2D eigenvalue weighted by Crippen LogP contribution is -2.27. The monoisotopic (exact) mass is 989 g/mol. The van der Waals surface area contributed by atoms with E-state index in [4.69, 9.17) is 9.72 Å². The highest BCUT2D eigenvalue weighted by Crippen LogP contribution is 2.45. The summed E-state index contributed by atoms with van der Waals surface area (Å²) >= 11 is 0. The van der Waals surface area contributed by atoms with E-state index in [2.05, 4.69) is 287 Å². The van der Waals surface area contributed by atoms with E-state index in [1.165, 1.54) is 60.8 Å². The van der Waals surface area contributed by atoms with E-state index in [1.54, 1.807) is 0 Å². The number of anilines is 2. The second-order valence-electron chi connectivity index (χ2n) is 24.7. The van der Waals surface area contributed by atoms with Crippen molar-refractivity contribution in [2.24, 2.45) is 0 Å². The van der Waals surface area contributed by atoms with Crippen molar-refractivity contribution in [1.29, 1.82) is 0 Å². The molecule has 2 aromatic heterocycles. The van der Waals surface area contributed by atoms with Gasteiger partial charge in [0, 0.05) is 63.7 Å². The van der Waals surface area contributed by atoms with Gasteiger partial charge in [-0.05, 0) is 139 Å². The number of rotatable bonds is 12. The van der Waals surface area contributed by atoms with Crippen LogP contribution in [0, 0.1) is 0 Å². The fraction of sp³-hybridized carbons (Fsp3) is 0.300. The highest BCUT2D eigenvalue weighted by molar-refractivity contribution is 6.10. The third kappa shape index (κ3) is 9.90. The fourth-order valence-electron chi connectivity index (χ4n) is 11.1. The molecule has 0 fully saturated rings. The van der Waals surface area contributed by atoms with Gasteiger partial charge >= 0.3 is 0 Å². The molecule has 5 heteroatoms. The summed E-state index contributed by atoms with van der Waals surface area (Å²) in [6.07, 6.45) is 6.42. The Morgan fingerprint density at radius 1 is 0.440 bits per heavy atom. The van der Waals surface area contributed by atoms with Crippen molar-refractivity contribution in [3.05, 3.63) is 227 Å². The second kappa shape index (κ2) is 19.4. The first kappa shape index (κ1) is 51.1. The summed E-state index contributed by atoms with van der Waals surface area (Å²) in [5, 5.41) is 2.38. The minimum absolute atomic E-state index is 0.00444. The molecule has 0 aliphatic carbocycles. The van der Waals surface area contributed by atoms with Crippen LogP contribution in [0.25, 0.3) is 38.8 Å². The zero-order valence-corrected chi connectivity index (χ0v) is 46.9. The maximum Gasteiger partial charge on any atom is 0.137 e. The molecule has 0 saturated heterocycles. The van der Waals surface area contributed by atoms with Crippen LogP contribution in [-0.4, -0.2) is 16.2 Å². The highest BCUT2D eigenvalue weighted by atomic mass is 16.5. The number of hydrogen-bond acceptors (Lipinski definition) is 4. The van der Waals surface area contributed by atoms with Gasteiger partial charge in [0.2, 0.25) is 0 Å². The number of fused-ring (bicyclic) bond motifs is 3. The van der Waals surface area contributed by atoms with Crippen molar-refractivity contribution in [2.45, 2.75) is 130 Å². The van der Waals surface area contributed by atoms with Gasteiger partial charge < -0.3 is 14.5 Å². The van der Waals surface area contributed by atoms with Gasteiger partial charge in [-0.15, -0.1) is 0 Å². The molecule has 3 heterocycles. The first-order valence-electron chi connectivity index (χ1n) is 27.1. The summed E-state index contributed by atoms with van der Waals surface area (Å²) < 4.78 is 9.52. The molecule has 9 aromatic rings. The maximum atomic E-state index is 7.20. The summed E-state index contributed by atoms with van der Waals surface area (Å²) in [7, 11) is 0. The summed E-state index contributed by atoms with van der Waals surface area (Å²) in [5.74, 6) is 3.09. The molecule has 0 radical (unpaired) electrons. The molecule has 1 aliphatic rings. The lowest BCUT2D eigenvalue weighted by molar-refractivity contribution is 0.483. The van der Waals surface area contributed by atoms with Gasteiger partial charge in [0.05, 0.1) is 17.7 Å². The Bertz CT molecular complexity index is 3480. The van der Waals surface area contributed by atoms with Gasteiger partial charge in [0.15, 0.2) is 0 Å². The Kier molecular flexibility index (Phi) is 13.2. The first-order valence-corrected chi connectivity index (χ1v) is 27.1. The number of benzene rings is 7. The summed E-state index contributed by atoms with van der Waals surface area (Å²) in [6, 6.07) is 60.6. The molecule has 10 rings (SSSR count). The Hall–Kier alpha value is -7.37. The number of ether oxygens (including phenoxy) is 1. The third-order valence-corrected chi connectivity index (χ3v) is 16.0. The van der Waals surface area contributed by atoms with Gasteiger partial charge in [-0.2, -0.15) is 0 Å². The Labute approximate surface area is 447 Å². The Morgan fingerprint density at radius 3 is 1.56 bits per heavy atom. The number of hydrogen-bond donors (Lipinski definition) is 0. The van der Waals surface area contributed by atoms with Crippen LogP contribution in [0.2, 0.25) is 0 Å². The molecule has 7 aromatic carbocycles. The van der Waals surface area contributed by atoms with E-state index >= 15 is 0 Å². The van der Waals surface area contributed by atoms with E-state index in [1.807, 2.05) is 6.20 Å². The van der Waals surface area contributed by atoms with Crippen molar-refractivity contribution in [2.75, 3.05) is 16.5 Å². The quantitative estimate of drug-likeness (QED) is 0.122. The zero-order chi connectivity index (χ0) is 53.2. The van der Waals surface area contributed by atoms with E-state index < -0.39 is 0 Å². The number of aromatic nitrogens is 2. The standard InChI is InChI=1S/C70H76N4O/c1-46(2)59-26-21-27-60(47(3)4)66(59)48-36-55(72-34-35-73(45-72)56-39-53(69(11,12)49-22-17-15-18-23-49)38-54(40-56)70(13,14)50-24-19-16-20-25-50)43-58(37-48)75-57-29-30-61-62-41-51(67(5,6)7)28-31-63(62)74(64(61)44-57)65-42-52(32-33-71-65)68(8,9)10/h15-44,46-47H,45H2,1-14H3. The number of nitrogens with zero attached hydrogens (tertiary/aromatic N) is 4. The van der Waals surface area contributed by atoms with Crippen molar-refractivity contribution in [3.63, 3.8) is 0 Å². The SMILES string of the molecule is CC(C)c1cccc(C(C)C)c1-c1cc(Oc2ccc3c4cc(C(C)(C)C)ccc4n(-c4cc(C(C)(C)C)ccn4)c3c2)cc(N2C=CN(c3cc(C(C)(C)c4ccccc4)cc(C(C)(C)c4ccccc4)c3)C2)c1. The van der Waals surface area contributed by atoms with E-state index in [0.29, 0.717) is 18.5 Å². The average molecular weight is 989 g/mol. The van der Waals surface area contributed by atoms with Crippen LogP contribution in [-0.2, 0) is 21.7 Å². The van der Waals surface area contributed by atoms with Gasteiger partial charge in [-0.3, -0.25) is 4.57 Å². The van der Waals surface area contributed by atoms with Crippen molar-refractivity contribution >= 4 is 33.2 Å². The molecule has 0 atom stereocenters. The van der Waals surface area contributed by atoms with Crippen molar-refractivity contribution in [1.82, 2.24) is 9.55 Å². The first-order chi connectivity index (χ1) is 35.6. The minimum atomic E-state index is -0.236. The summed E-state index contributed by atoms with van der Waals surface area (Å²) in [6.45, 7) is 32.9. The van der Waals surface area contributed by atoms with Crippen LogP contribution < -0.4 is 14.5 Å². The fourth-order valence-corrected chi connectivity index (χ4v) is 11.1. The van der Waals surface area contributed by atoms with Crippen LogP contribution in [0.4, 0.5) is 11.4 Å². The molecule has 0 saturated carbocycles. The molecule has 75 heavy (non-hydrogen) atoms. The van der Waals surface area contributed by atoms with Crippen LogP contribution in [0.3, 0.4) is 0 Å². The van der Waals surface area contributed by atoms with Crippen LogP contribution in [0.1, 0.15) is 153 Å². The van der Waals surface area contributed by atoms with Gasteiger partial charge in [-0.25, -0.2) is 4.98 Å². The van der Waals surface area contributed by atoms with Gasteiger partial charge in [0.25, 0.3) is 0 Å². The highest BCUT2D eigenvalue weighted by Gasteiger charge is 2.31. The molecule has 0 amide bonds. The van der Waals surface area contributed by atoms with Crippen LogP contribution >= 0.6 is 0 Å². The van der Waals surface area contributed by atoms with Gasteiger partial charge in [0.1, 0.15) is 17.3 Å². The number of pyridine rings is 1. The van der Waals surface area contributed by atoms with E-state index in [0.717, 1.165) is 45.3 Å². The van der Waals surface area contributed by atoms with Gasteiger partial charge in [-0.1, -0.05) is 188 Å². The van der Waals surface area contributed by atoms with E-state index in [-0.39, 0.29) is 21.7 Å². The molecule has 1 aliphatic heterocycles. The molecule has 0 unspecified atom stereocenters. The minimum Gasteiger partial charge on any atom is -0.457 e. The molecule has 0 N–H and O–H groups in total. The van der Waals surface area contributed by atoms with Crippen LogP contribution in [0.15, 0.2) is 182 Å². The third-order valence-electron chi connectivity index (χ3n) is 16.0. The smallest absolute Gasteiger partial charge is 0.137 e. The van der Waals surface area contributed by atoms with Crippen molar-refractivity contribution < 1.29 is 4.74 Å². The normalized spacial score (nSPS) is 13.5. The maximum absolute atomic E-state index is 7.20. The predicted molar refractivity (Wildman–Crippen MR) is 319 cm³/mol. The average Bonchev–Trinajstić information content (AvgIpc) is 4.02. The molecular formula is C70H76N4O. The molecule has 382 valence electrons. The lowest BCUT2D eigenvalue weighted by atomic mass is 9.73. The Morgan fingerprint density at radius 2 is 1.00 bits per heavy atom. The second-order valence-corrected chi connectivity index (χ2v) is 24.7. The van der Waals surface area contributed by atoms with Crippen molar-refractivity contribution in [3.8, 4) is 28.4 Å². The van der Waals surface area contributed by atoms with Crippen LogP contribution in [0.5, 0.6) is 11.5 Å². The predicted octanol–water partition coefficient (Wildman–Crippen LogP) is 18.9. The molecular weight excluding hydrogens is 913 g/mol. The largest absolute Gasteiger partial charge is 0.457 e. The molecule has 5 nitrogen and oxygen atoms in total. The lowest BCUT2D eigenvalue weighted by Gasteiger charge is -2.33.